The molecule has 1 heterocycles. The van der Waals surface area contributed by atoms with E-state index in [-0.39, 0.29) is 18.4 Å². The Morgan fingerprint density at radius 1 is 0.857 bits per heavy atom. The molecule has 0 aliphatic carbocycles. The first-order valence-electron chi connectivity index (χ1n) is 12.2. The van der Waals surface area contributed by atoms with Crippen molar-refractivity contribution >= 4 is 5.91 Å². The summed E-state index contributed by atoms with van der Waals surface area (Å²) in [6.45, 7) is 3.54. The Bertz CT molecular complexity index is 1010. The van der Waals surface area contributed by atoms with Gasteiger partial charge in [0.1, 0.15) is 24.2 Å². The van der Waals surface area contributed by atoms with Crippen LogP contribution in [0.2, 0.25) is 0 Å². The molecule has 0 bridgehead atoms. The van der Waals surface area contributed by atoms with E-state index < -0.39 is 6.10 Å². The molecule has 0 radical (unpaired) electrons. The van der Waals surface area contributed by atoms with Crippen LogP contribution in [0.15, 0.2) is 84.9 Å². The SMILES string of the molecule is COc1cccc(OCC(O)CN2CCN(C(=O)CC(c3ccccc3)c3ccccc3)CC2)c1. The Morgan fingerprint density at radius 3 is 2.06 bits per heavy atom. The van der Waals surface area contributed by atoms with Crippen molar-refractivity contribution < 1.29 is 19.4 Å². The van der Waals surface area contributed by atoms with Gasteiger partial charge in [0.15, 0.2) is 0 Å². The lowest BCUT2D eigenvalue weighted by Crippen LogP contribution is -2.51. The number of nitrogens with zero attached hydrogens (tertiary/aromatic N) is 2. The first-order valence-corrected chi connectivity index (χ1v) is 12.2. The average Bonchev–Trinajstić information content (AvgIpc) is 2.92. The predicted octanol–water partition coefficient (Wildman–Crippen LogP) is 3.80. The number of hydrogen-bond donors (Lipinski definition) is 1. The number of piperazine rings is 1. The average molecular weight is 475 g/mol. The van der Waals surface area contributed by atoms with Gasteiger partial charge in [0.25, 0.3) is 0 Å². The van der Waals surface area contributed by atoms with Gasteiger partial charge in [-0.05, 0) is 23.3 Å². The third-order valence-corrected chi connectivity index (χ3v) is 6.46. The molecule has 0 spiro atoms. The number of ether oxygens (including phenoxy) is 2. The zero-order valence-corrected chi connectivity index (χ0v) is 20.3. The van der Waals surface area contributed by atoms with Gasteiger partial charge in [0.05, 0.1) is 7.11 Å². The van der Waals surface area contributed by atoms with Crippen molar-refractivity contribution in [3.05, 3.63) is 96.1 Å². The van der Waals surface area contributed by atoms with E-state index in [9.17, 15) is 9.90 Å². The van der Waals surface area contributed by atoms with Crippen molar-refractivity contribution in [3.63, 3.8) is 0 Å². The van der Waals surface area contributed by atoms with Gasteiger partial charge in [-0.1, -0.05) is 66.7 Å². The second kappa shape index (κ2) is 12.4. The van der Waals surface area contributed by atoms with Crippen molar-refractivity contribution in [3.8, 4) is 11.5 Å². The van der Waals surface area contributed by atoms with Gasteiger partial charge < -0.3 is 19.5 Å². The van der Waals surface area contributed by atoms with Crippen LogP contribution in [0.3, 0.4) is 0 Å². The summed E-state index contributed by atoms with van der Waals surface area (Å²) in [5.41, 5.74) is 2.31. The quantitative estimate of drug-likeness (QED) is 0.484. The first kappa shape index (κ1) is 24.8. The van der Waals surface area contributed by atoms with E-state index in [1.54, 1.807) is 13.2 Å². The van der Waals surface area contributed by atoms with Gasteiger partial charge >= 0.3 is 0 Å². The molecule has 1 unspecified atom stereocenters. The summed E-state index contributed by atoms with van der Waals surface area (Å²) >= 11 is 0. The fourth-order valence-corrected chi connectivity index (χ4v) is 4.52. The predicted molar refractivity (Wildman–Crippen MR) is 137 cm³/mol. The van der Waals surface area contributed by atoms with Gasteiger partial charge in [-0.25, -0.2) is 0 Å². The lowest BCUT2D eigenvalue weighted by Gasteiger charge is -2.36. The van der Waals surface area contributed by atoms with Gasteiger partial charge in [0.2, 0.25) is 5.91 Å². The van der Waals surface area contributed by atoms with E-state index in [0.29, 0.717) is 31.8 Å². The molecule has 184 valence electrons. The van der Waals surface area contributed by atoms with Crippen molar-refractivity contribution in [1.29, 1.82) is 0 Å². The Kier molecular flexibility index (Phi) is 8.76. The summed E-state index contributed by atoms with van der Waals surface area (Å²) < 4.78 is 10.9. The van der Waals surface area contributed by atoms with E-state index in [2.05, 4.69) is 29.2 Å². The number of hydrogen-bond acceptors (Lipinski definition) is 5. The van der Waals surface area contributed by atoms with Gasteiger partial charge in [-0.15, -0.1) is 0 Å². The molecule has 35 heavy (non-hydrogen) atoms. The minimum atomic E-state index is -0.607. The Morgan fingerprint density at radius 2 is 1.46 bits per heavy atom. The summed E-state index contributed by atoms with van der Waals surface area (Å²) in [6, 6.07) is 27.8. The zero-order valence-electron chi connectivity index (χ0n) is 20.3. The molecule has 1 saturated heterocycles. The van der Waals surface area contributed by atoms with Gasteiger partial charge in [-0.3, -0.25) is 9.69 Å². The highest BCUT2D eigenvalue weighted by atomic mass is 16.5. The molecule has 1 aliphatic rings. The molecule has 3 aromatic carbocycles. The number of rotatable bonds is 10. The lowest BCUT2D eigenvalue weighted by molar-refractivity contribution is -0.133. The molecule has 0 saturated carbocycles. The number of aliphatic hydroxyl groups is 1. The fourth-order valence-electron chi connectivity index (χ4n) is 4.52. The number of carbonyl (C=O) groups excluding carboxylic acids is 1. The van der Waals surface area contributed by atoms with E-state index in [0.717, 1.165) is 30.0 Å². The number of amides is 1. The smallest absolute Gasteiger partial charge is 0.223 e. The van der Waals surface area contributed by atoms with Crippen molar-refractivity contribution in [1.82, 2.24) is 9.80 Å². The molecular weight excluding hydrogens is 440 g/mol. The second-order valence-corrected chi connectivity index (χ2v) is 8.90. The van der Waals surface area contributed by atoms with Crippen LogP contribution in [0.4, 0.5) is 0 Å². The third-order valence-electron chi connectivity index (χ3n) is 6.46. The Labute approximate surface area is 207 Å². The number of benzene rings is 3. The van der Waals surface area contributed by atoms with Crippen LogP contribution >= 0.6 is 0 Å². The molecule has 1 atom stereocenters. The Balaban J connectivity index is 1.26. The lowest BCUT2D eigenvalue weighted by atomic mass is 9.88. The maximum absolute atomic E-state index is 13.2. The minimum absolute atomic E-state index is 0.0403. The molecule has 6 heteroatoms. The summed E-state index contributed by atoms with van der Waals surface area (Å²) in [7, 11) is 1.61. The van der Waals surface area contributed by atoms with Crippen LogP contribution in [0.1, 0.15) is 23.5 Å². The summed E-state index contributed by atoms with van der Waals surface area (Å²) in [6.07, 6.45) is -0.158. The maximum atomic E-state index is 13.2. The highest BCUT2D eigenvalue weighted by Crippen LogP contribution is 2.29. The molecular formula is C29H34N2O4. The number of aliphatic hydroxyl groups excluding tert-OH is 1. The number of carbonyl (C=O) groups is 1. The monoisotopic (exact) mass is 474 g/mol. The molecule has 1 N–H and O–H groups in total. The third kappa shape index (κ3) is 7.07. The number of β-amino-alcohol motifs (C(OH)–C–C–N with tert-alkyl or cyclic N) is 1. The highest BCUT2D eigenvalue weighted by Gasteiger charge is 2.26. The molecule has 0 aromatic heterocycles. The van der Waals surface area contributed by atoms with E-state index in [1.165, 1.54) is 0 Å². The summed E-state index contributed by atoms with van der Waals surface area (Å²) in [4.78, 5) is 17.4. The Hall–Kier alpha value is -3.35. The van der Waals surface area contributed by atoms with Gasteiger partial charge in [-0.2, -0.15) is 0 Å². The number of methoxy groups -OCH3 is 1. The van der Waals surface area contributed by atoms with E-state index >= 15 is 0 Å². The maximum Gasteiger partial charge on any atom is 0.223 e. The molecule has 1 fully saturated rings. The van der Waals surface area contributed by atoms with Crippen molar-refractivity contribution in [2.24, 2.45) is 0 Å². The van der Waals surface area contributed by atoms with Crippen LogP contribution in [0.25, 0.3) is 0 Å². The summed E-state index contributed by atoms with van der Waals surface area (Å²) in [5, 5.41) is 10.5. The van der Waals surface area contributed by atoms with Crippen LogP contribution in [-0.2, 0) is 4.79 Å². The van der Waals surface area contributed by atoms with Crippen molar-refractivity contribution in [2.75, 3.05) is 46.4 Å². The summed E-state index contributed by atoms with van der Waals surface area (Å²) in [5.74, 6) is 1.60. The first-order chi connectivity index (χ1) is 17.1. The second-order valence-electron chi connectivity index (χ2n) is 8.90. The topological polar surface area (TPSA) is 62.2 Å². The minimum Gasteiger partial charge on any atom is -0.497 e. The van der Waals surface area contributed by atoms with E-state index in [1.807, 2.05) is 59.5 Å². The van der Waals surface area contributed by atoms with Gasteiger partial charge in [0, 0.05) is 51.1 Å². The molecule has 1 amide bonds. The normalized spacial score (nSPS) is 15.1. The van der Waals surface area contributed by atoms with E-state index in [4.69, 9.17) is 9.47 Å². The fraction of sp³-hybridized carbons (Fsp3) is 0.345. The van der Waals surface area contributed by atoms with Crippen LogP contribution in [0.5, 0.6) is 11.5 Å². The molecule has 3 aromatic rings. The zero-order chi connectivity index (χ0) is 24.5. The molecule has 4 rings (SSSR count). The molecule has 6 nitrogen and oxygen atoms in total. The van der Waals surface area contributed by atoms with Crippen LogP contribution in [-0.4, -0.2) is 73.4 Å². The molecule has 1 aliphatic heterocycles. The van der Waals surface area contributed by atoms with Crippen LogP contribution in [0, 0.1) is 0 Å². The van der Waals surface area contributed by atoms with Crippen molar-refractivity contribution in [2.45, 2.75) is 18.4 Å². The largest absolute Gasteiger partial charge is 0.497 e. The standard InChI is InChI=1S/C29H34N2O4/c1-34-26-13-8-14-27(19-26)35-22-25(32)21-30-15-17-31(18-16-30)29(33)20-28(23-9-4-2-5-10-23)24-11-6-3-7-12-24/h2-14,19,25,28,32H,15-18,20-22H2,1H3. The highest BCUT2D eigenvalue weighted by molar-refractivity contribution is 5.78. The van der Waals surface area contributed by atoms with Crippen LogP contribution < -0.4 is 9.47 Å².